The maximum absolute atomic E-state index is 13.2. The van der Waals surface area contributed by atoms with Gasteiger partial charge in [0.25, 0.3) is 0 Å². The van der Waals surface area contributed by atoms with E-state index in [1.165, 1.54) is 6.07 Å². The molecule has 1 N–H and O–H groups in total. The zero-order chi connectivity index (χ0) is 14.4. The fraction of sp³-hybridized carbons (Fsp3) is 0.600. The van der Waals surface area contributed by atoms with Crippen LogP contribution in [-0.2, 0) is 4.74 Å². The van der Waals surface area contributed by atoms with Gasteiger partial charge in [-0.3, -0.25) is 0 Å². The Morgan fingerprint density at radius 3 is 2.53 bits per heavy atom. The first-order valence-corrected chi connectivity index (χ1v) is 7.53. The Bertz CT molecular complexity index is 398. The van der Waals surface area contributed by atoms with Crippen LogP contribution in [0.1, 0.15) is 39.3 Å². The van der Waals surface area contributed by atoms with Crippen molar-refractivity contribution in [2.75, 3.05) is 13.2 Å². The molecule has 1 aromatic rings. The summed E-state index contributed by atoms with van der Waals surface area (Å²) >= 11 is 3.22. The summed E-state index contributed by atoms with van der Waals surface area (Å²) in [6, 6.07) is 5.58. The lowest BCUT2D eigenvalue weighted by Crippen LogP contribution is -2.39. The van der Waals surface area contributed by atoms with Gasteiger partial charge < -0.3 is 10.1 Å². The second kappa shape index (κ2) is 7.98. The first-order chi connectivity index (χ1) is 8.95. The molecular weight excluding hydrogens is 309 g/mol. The number of hydrogen-bond acceptors (Lipinski definition) is 2. The molecule has 2 nitrogen and oxygen atoms in total. The van der Waals surface area contributed by atoms with E-state index in [0.717, 1.165) is 12.2 Å². The Labute approximate surface area is 123 Å². The van der Waals surface area contributed by atoms with E-state index in [4.69, 9.17) is 4.74 Å². The summed E-state index contributed by atoms with van der Waals surface area (Å²) in [5.41, 5.74) is 1.07. The van der Waals surface area contributed by atoms with Gasteiger partial charge in [0.15, 0.2) is 0 Å². The van der Waals surface area contributed by atoms with Crippen molar-refractivity contribution < 1.29 is 9.13 Å². The van der Waals surface area contributed by atoms with E-state index < -0.39 is 0 Å². The molecule has 0 spiro atoms. The van der Waals surface area contributed by atoms with Gasteiger partial charge in [0.1, 0.15) is 5.82 Å². The first kappa shape index (κ1) is 16.6. The van der Waals surface area contributed by atoms with Gasteiger partial charge in [0.2, 0.25) is 0 Å². The fourth-order valence-electron chi connectivity index (χ4n) is 1.88. The van der Waals surface area contributed by atoms with Crippen molar-refractivity contribution in [1.82, 2.24) is 5.32 Å². The van der Waals surface area contributed by atoms with Crippen molar-refractivity contribution >= 4 is 15.9 Å². The van der Waals surface area contributed by atoms with Crippen molar-refractivity contribution in [2.24, 2.45) is 5.92 Å². The van der Waals surface area contributed by atoms with Gasteiger partial charge in [-0.1, -0.05) is 19.9 Å². The van der Waals surface area contributed by atoms with E-state index in [1.807, 2.05) is 19.1 Å². The normalized spacial score (nSPS) is 14.7. The summed E-state index contributed by atoms with van der Waals surface area (Å²) in [5, 5.41) is 3.55. The van der Waals surface area contributed by atoms with E-state index in [1.54, 1.807) is 0 Å². The standard InChI is InChI=1S/C15H23BrFNO/c1-5-19-9-15(10(2)3)18-11(4)12-6-7-14(17)13(16)8-12/h6-8,10-11,15,18H,5,9H2,1-4H3. The van der Waals surface area contributed by atoms with Crippen LogP contribution < -0.4 is 5.32 Å². The molecule has 1 aromatic carbocycles. The van der Waals surface area contributed by atoms with Crippen molar-refractivity contribution in [3.8, 4) is 0 Å². The molecule has 108 valence electrons. The minimum atomic E-state index is -0.231. The highest BCUT2D eigenvalue weighted by molar-refractivity contribution is 9.10. The predicted octanol–water partition coefficient (Wildman–Crippen LogP) is 4.30. The maximum Gasteiger partial charge on any atom is 0.137 e. The molecule has 0 radical (unpaired) electrons. The average Bonchev–Trinajstić information content (AvgIpc) is 2.37. The van der Waals surface area contributed by atoms with Crippen LogP contribution in [0.2, 0.25) is 0 Å². The van der Waals surface area contributed by atoms with Crippen LogP contribution in [0.15, 0.2) is 22.7 Å². The van der Waals surface area contributed by atoms with Crippen LogP contribution >= 0.6 is 15.9 Å². The molecule has 0 aliphatic heterocycles. The second-order valence-corrected chi connectivity index (χ2v) is 5.93. The largest absolute Gasteiger partial charge is 0.380 e. The van der Waals surface area contributed by atoms with Gasteiger partial charge in [-0.05, 0) is 53.4 Å². The van der Waals surface area contributed by atoms with Crippen LogP contribution in [0.25, 0.3) is 0 Å². The minimum absolute atomic E-state index is 0.157. The molecule has 0 aliphatic carbocycles. The van der Waals surface area contributed by atoms with Crippen molar-refractivity contribution in [3.63, 3.8) is 0 Å². The lowest BCUT2D eigenvalue weighted by atomic mass is 10.0. The molecule has 0 amide bonds. The topological polar surface area (TPSA) is 21.3 Å². The van der Waals surface area contributed by atoms with Gasteiger partial charge in [-0.15, -0.1) is 0 Å². The Balaban J connectivity index is 2.69. The van der Waals surface area contributed by atoms with Crippen LogP contribution in [0.5, 0.6) is 0 Å². The van der Waals surface area contributed by atoms with Crippen LogP contribution in [-0.4, -0.2) is 19.3 Å². The summed E-state index contributed by atoms with van der Waals surface area (Å²) in [7, 11) is 0. The third kappa shape index (κ3) is 5.21. The zero-order valence-corrected chi connectivity index (χ0v) is 13.6. The predicted molar refractivity (Wildman–Crippen MR) is 80.8 cm³/mol. The molecule has 4 heteroatoms. The van der Waals surface area contributed by atoms with Crippen molar-refractivity contribution in [3.05, 3.63) is 34.1 Å². The molecule has 0 bridgehead atoms. The number of rotatable bonds is 7. The van der Waals surface area contributed by atoms with Gasteiger partial charge in [0, 0.05) is 18.7 Å². The number of halogens is 2. The highest BCUT2D eigenvalue weighted by Gasteiger charge is 2.17. The molecule has 0 heterocycles. The lowest BCUT2D eigenvalue weighted by Gasteiger charge is -2.26. The Morgan fingerprint density at radius 1 is 1.32 bits per heavy atom. The third-order valence-corrected chi connectivity index (χ3v) is 3.82. The summed E-state index contributed by atoms with van der Waals surface area (Å²) in [6.07, 6.45) is 0. The Kier molecular flexibility index (Phi) is 6.97. The number of nitrogens with one attached hydrogen (secondary N) is 1. The highest BCUT2D eigenvalue weighted by atomic mass is 79.9. The molecule has 0 saturated heterocycles. The molecular formula is C15H23BrFNO. The smallest absolute Gasteiger partial charge is 0.137 e. The Hall–Kier alpha value is -0.450. The summed E-state index contributed by atoms with van der Waals surface area (Å²) in [4.78, 5) is 0. The quantitative estimate of drug-likeness (QED) is 0.804. The van der Waals surface area contributed by atoms with E-state index in [9.17, 15) is 4.39 Å². The molecule has 0 aliphatic rings. The van der Waals surface area contributed by atoms with Gasteiger partial charge in [-0.25, -0.2) is 4.39 Å². The molecule has 0 saturated carbocycles. The molecule has 0 aromatic heterocycles. The van der Waals surface area contributed by atoms with Crippen LogP contribution in [0.4, 0.5) is 4.39 Å². The monoisotopic (exact) mass is 331 g/mol. The molecule has 2 atom stereocenters. The van der Waals surface area contributed by atoms with Crippen LogP contribution in [0, 0.1) is 11.7 Å². The first-order valence-electron chi connectivity index (χ1n) is 6.74. The van der Waals surface area contributed by atoms with E-state index >= 15 is 0 Å². The van der Waals surface area contributed by atoms with Gasteiger partial charge in [-0.2, -0.15) is 0 Å². The second-order valence-electron chi connectivity index (χ2n) is 5.07. The maximum atomic E-state index is 13.2. The van der Waals surface area contributed by atoms with E-state index in [2.05, 4.69) is 42.0 Å². The lowest BCUT2D eigenvalue weighted by molar-refractivity contribution is 0.104. The van der Waals surface area contributed by atoms with Gasteiger partial charge >= 0.3 is 0 Å². The molecule has 19 heavy (non-hydrogen) atoms. The number of benzene rings is 1. The van der Waals surface area contributed by atoms with Crippen molar-refractivity contribution in [1.29, 1.82) is 0 Å². The fourth-order valence-corrected chi connectivity index (χ4v) is 2.27. The highest BCUT2D eigenvalue weighted by Crippen LogP contribution is 2.22. The Morgan fingerprint density at radius 2 is 2.00 bits per heavy atom. The average molecular weight is 332 g/mol. The van der Waals surface area contributed by atoms with Crippen LogP contribution in [0.3, 0.4) is 0 Å². The van der Waals surface area contributed by atoms with E-state index in [0.29, 0.717) is 23.0 Å². The molecule has 1 rings (SSSR count). The number of ether oxygens (including phenoxy) is 1. The molecule has 2 unspecified atom stereocenters. The summed E-state index contributed by atoms with van der Waals surface area (Å²) < 4.78 is 19.2. The van der Waals surface area contributed by atoms with Gasteiger partial charge in [0.05, 0.1) is 11.1 Å². The number of hydrogen-bond donors (Lipinski definition) is 1. The summed E-state index contributed by atoms with van der Waals surface area (Å²) in [6.45, 7) is 9.84. The van der Waals surface area contributed by atoms with E-state index in [-0.39, 0.29) is 11.9 Å². The zero-order valence-electron chi connectivity index (χ0n) is 12.0. The summed E-state index contributed by atoms with van der Waals surface area (Å²) in [5.74, 6) is 0.253. The minimum Gasteiger partial charge on any atom is -0.380 e. The third-order valence-electron chi connectivity index (χ3n) is 3.21. The molecule has 0 fully saturated rings. The van der Waals surface area contributed by atoms with Crippen molar-refractivity contribution in [2.45, 2.75) is 39.8 Å². The SMILES string of the molecule is CCOCC(NC(C)c1ccc(F)c(Br)c1)C(C)C.